The number of nitrogens with zero attached hydrogens (tertiary/aromatic N) is 2. The highest BCUT2D eigenvalue weighted by atomic mass is 79.9. The number of carbonyl (C=O) groups excluding carboxylic acids is 1. The van der Waals surface area contributed by atoms with Crippen LogP contribution in [0.25, 0.3) is 0 Å². The Balaban J connectivity index is 1.80. The van der Waals surface area contributed by atoms with Crippen molar-refractivity contribution in [2.24, 2.45) is 0 Å². The molecular formula is C14H14BrClN2O4. The predicted octanol–water partition coefficient (Wildman–Crippen LogP) is 3.73. The second-order valence-electron chi connectivity index (χ2n) is 4.73. The topological polar surface area (TPSA) is 74.5 Å². The van der Waals surface area contributed by atoms with Gasteiger partial charge >= 0.3 is 5.97 Å². The first-order valence-corrected chi connectivity index (χ1v) is 7.68. The fourth-order valence-electron chi connectivity index (χ4n) is 1.47. The second kappa shape index (κ2) is 7.60. The maximum Gasteiger partial charge on any atom is 0.344 e. The zero-order valence-corrected chi connectivity index (χ0v) is 14.3. The Bertz CT molecular complexity index is 660. The third-order valence-electron chi connectivity index (χ3n) is 2.60. The Morgan fingerprint density at radius 1 is 1.45 bits per heavy atom. The van der Waals surface area contributed by atoms with E-state index >= 15 is 0 Å². The highest BCUT2D eigenvalue weighted by Gasteiger charge is 2.12. The molecule has 8 heteroatoms. The van der Waals surface area contributed by atoms with Gasteiger partial charge in [-0.1, -0.05) is 30.6 Å². The van der Waals surface area contributed by atoms with E-state index in [9.17, 15) is 4.79 Å². The fraction of sp³-hybridized carbons (Fsp3) is 0.357. The number of benzene rings is 1. The zero-order chi connectivity index (χ0) is 16.1. The highest BCUT2D eigenvalue weighted by molar-refractivity contribution is 9.10. The van der Waals surface area contributed by atoms with Crippen LogP contribution in [0, 0.1) is 0 Å². The molecule has 0 atom stereocenters. The van der Waals surface area contributed by atoms with Gasteiger partial charge in [0.1, 0.15) is 5.75 Å². The molecule has 0 radical (unpaired) electrons. The van der Waals surface area contributed by atoms with Crippen LogP contribution in [-0.2, 0) is 16.1 Å². The number of hydrogen-bond acceptors (Lipinski definition) is 6. The number of aromatic nitrogens is 2. The molecule has 1 aromatic carbocycles. The van der Waals surface area contributed by atoms with E-state index in [1.165, 1.54) is 0 Å². The van der Waals surface area contributed by atoms with Crippen molar-refractivity contribution in [3.8, 4) is 5.75 Å². The molecule has 22 heavy (non-hydrogen) atoms. The molecule has 1 heterocycles. The molecule has 0 saturated carbocycles. The standard InChI is InChI=1S/C14H14BrClN2O4/c1-8(2)14-17-12(22-18-14)6-21-13(19)7-20-11-4-3-9(16)5-10(11)15/h3-5,8H,6-7H2,1-2H3. The van der Waals surface area contributed by atoms with E-state index in [2.05, 4.69) is 26.1 Å². The van der Waals surface area contributed by atoms with Gasteiger partial charge in [-0.15, -0.1) is 0 Å². The largest absolute Gasteiger partial charge is 0.481 e. The summed E-state index contributed by atoms with van der Waals surface area (Å²) in [5.74, 6) is 0.947. The first kappa shape index (κ1) is 16.8. The summed E-state index contributed by atoms with van der Waals surface area (Å²) in [4.78, 5) is 15.7. The minimum absolute atomic E-state index is 0.0797. The molecule has 0 aliphatic carbocycles. The number of esters is 1. The molecule has 0 saturated heterocycles. The van der Waals surface area contributed by atoms with Crippen molar-refractivity contribution >= 4 is 33.5 Å². The molecule has 118 valence electrons. The lowest BCUT2D eigenvalue weighted by atomic mass is 10.2. The van der Waals surface area contributed by atoms with Crippen LogP contribution in [-0.4, -0.2) is 22.7 Å². The number of hydrogen-bond donors (Lipinski definition) is 0. The summed E-state index contributed by atoms with van der Waals surface area (Å²) in [6.07, 6.45) is 0. The van der Waals surface area contributed by atoms with Crippen molar-refractivity contribution in [3.05, 3.63) is 39.4 Å². The summed E-state index contributed by atoms with van der Waals surface area (Å²) in [6.45, 7) is 3.58. The molecule has 0 aliphatic rings. The van der Waals surface area contributed by atoms with Gasteiger partial charge in [-0.05, 0) is 34.1 Å². The van der Waals surface area contributed by atoms with Crippen LogP contribution in [0.5, 0.6) is 5.75 Å². The highest BCUT2D eigenvalue weighted by Crippen LogP contribution is 2.27. The minimum Gasteiger partial charge on any atom is -0.481 e. The molecule has 0 fully saturated rings. The van der Waals surface area contributed by atoms with Crippen molar-refractivity contribution in [1.29, 1.82) is 0 Å². The third kappa shape index (κ3) is 4.71. The first-order valence-electron chi connectivity index (χ1n) is 6.51. The smallest absolute Gasteiger partial charge is 0.344 e. The summed E-state index contributed by atoms with van der Waals surface area (Å²) in [5.41, 5.74) is 0. The summed E-state index contributed by atoms with van der Waals surface area (Å²) in [7, 11) is 0. The zero-order valence-electron chi connectivity index (χ0n) is 12.0. The molecule has 0 aliphatic heterocycles. The van der Waals surface area contributed by atoms with E-state index in [0.717, 1.165) is 0 Å². The Labute approximate surface area is 140 Å². The van der Waals surface area contributed by atoms with E-state index in [0.29, 0.717) is 21.1 Å². The summed E-state index contributed by atoms with van der Waals surface area (Å²) < 4.78 is 16.0. The molecule has 0 N–H and O–H groups in total. The molecule has 6 nitrogen and oxygen atoms in total. The van der Waals surface area contributed by atoms with Crippen LogP contribution in [0.4, 0.5) is 0 Å². The minimum atomic E-state index is -0.536. The van der Waals surface area contributed by atoms with Crippen molar-refractivity contribution in [2.75, 3.05) is 6.61 Å². The van der Waals surface area contributed by atoms with Crippen molar-refractivity contribution < 1.29 is 18.8 Å². The SMILES string of the molecule is CC(C)c1noc(COC(=O)COc2ccc(Cl)cc2Br)n1. The first-order chi connectivity index (χ1) is 10.5. The molecular weight excluding hydrogens is 376 g/mol. The van der Waals surface area contributed by atoms with E-state index < -0.39 is 5.97 Å². The normalized spacial score (nSPS) is 10.8. The second-order valence-corrected chi connectivity index (χ2v) is 6.02. The molecule has 2 aromatic rings. The monoisotopic (exact) mass is 388 g/mol. The number of carbonyl (C=O) groups is 1. The van der Waals surface area contributed by atoms with Gasteiger partial charge in [0.2, 0.25) is 0 Å². The number of ether oxygens (including phenoxy) is 2. The fourth-order valence-corrected chi connectivity index (χ4v) is 2.27. The van der Waals surface area contributed by atoms with Gasteiger partial charge in [0, 0.05) is 10.9 Å². The lowest BCUT2D eigenvalue weighted by molar-refractivity contribution is -0.148. The molecule has 2 rings (SSSR count). The molecule has 0 bridgehead atoms. The summed E-state index contributed by atoms with van der Waals surface area (Å²) in [5, 5.41) is 4.35. The van der Waals surface area contributed by atoms with Crippen molar-refractivity contribution in [2.45, 2.75) is 26.4 Å². The van der Waals surface area contributed by atoms with Gasteiger partial charge < -0.3 is 14.0 Å². The van der Waals surface area contributed by atoms with E-state index in [1.807, 2.05) is 13.8 Å². The molecule has 0 unspecified atom stereocenters. The molecule has 0 amide bonds. The van der Waals surface area contributed by atoms with Crippen molar-refractivity contribution in [1.82, 2.24) is 10.1 Å². The predicted molar refractivity (Wildman–Crippen MR) is 82.8 cm³/mol. The Hall–Kier alpha value is -1.60. The maximum atomic E-state index is 11.6. The maximum absolute atomic E-state index is 11.6. The third-order valence-corrected chi connectivity index (χ3v) is 3.45. The lowest BCUT2D eigenvalue weighted by Gasteiger charge is -2.07. The summed E-state index contributed by atoms with van der Waals surface area (Å²) >= 11 is 9.12. The summed E-state index contributed by atoms with van der Waals surface area (Å²) in [6, 6.07) is 5.00. The lowest BCUT2D eigenvalue weighted by Crippen LogP contribution is -2.15. The quantitative estimate of drug-likeness (QED) is 0.701. The average molecular weight is 390 g/mol. The van der Waals surface area contributed by atoms with Gasteiger partial charge in [-0.3, -0.25) is 0 Å². The van der Waals surface area contributed by atoms with E-state index in [1.54, 1.807) is 18.2 Å². The van der Waals surface area contributed by atoms with E-state index in [-0.39, 0.29) is 25.0 Å². The Kier molecular flexibility index (Phi) is 5.79. The van der Waals surface area contributed by atoms with Crippen LogP contribution >= 0.6 is 27.5 Å². The van der Waals surface area contributed by atoms with Gasteiger partial charge in [0.05, 0.1) is 4.47 Å². The van der Waals surface area contributed by atoms with Gasteiger partial charge in [0.15, 0.2) is 19.0 Å². The van der Waals surface area contributed by atoms with Crippen LogP contribution in [0.3, 0.4) is 0 Å². The van der Waals surface area contributed by atoms with Gasteiger partial charge in [-0.2, -0.15) is 4.98 Å². The average Bonchev–Trinajstić information content (AvgIpc) is 2.93. The molecule has 1 aromatic heterocycles. The molecule has 0 spiro atoms. The Morgan fingerprint density at radius 2 is 2.23 bits per heavy atom. The number of rotatable bonds is 6. The van der Waals surface area contributed by atoms with Crippen LogP contribution in [0.15, 0.2) is 27.2 Å². The van der Waals surface area contributed by atoms with Crippen molar-refractivity contribution in [3.63, 3.8) is 0 Å². The van der Waals surface area contributed by atoms with Crippen LogP contribution < -0.4 is 4.74 Å². The number of halogens is 2. The van der Waals surface area contributed by atoms with E-state index in [4.69, 9.17) is 25.6 Å². The van der Waals surface area contributed by atoms with Crippen LogP contribution in [0.2, 0.25) is 5.02 Å². The van der Waals surface area contributed by atoms with Gasteiger partial charge in [0.25, 0.3) is 5.89 Å². The van der Waals surface area contributed by atoms with Gasteiger partial charge in [-0.25, -0.2) is 4.79 Å². The Morgan fingerprint density at radius 3 is 2.86 bits per heavy atom. The van der Waals surface area contributed by atoms with Crippen LogP contribution in [0.1, 0.15) is 31.5 Å².